The number of H-pyrrole nitrogens is 1. The number of aromatic amines is 1. The molecule has 1 aliphatic heterocycles. The van der Waals surface area contributed by atoms with Gasteiger partial charge in [0, 0.05) is 31.4 Å². The normalized spacial score (nSPS) is 16.9. The molecule has 2 heteroatoms. The van der Waals surface area contributed by atoms with Crippen molar-refractivity contribution in [2.75, 3.05) is 6.54 Å². The molecule has 2 heterocycles. The fourth-order valence-corrected chi connectivity index (χ4v) is 1.50. The van der Waals surface area contributed by atoms with E-state index in [4.69, 9.17) is 0 Å². The predicted octanol–water partition coefficient (Wildman–Crippen LogP) is 0.969. The van der Waals surface area contributed by atoms with E-state index in [-0.39, 0.29) is 0 Å². The fraction of sp³-hybridized carbons (Fsp3) is 0.500. The van der Waals surface area contributed by atoms with E-state index in [0.717, 1.165) is 19.5 Å². The molecule has 2 rings (SSSR count). The van der Waals surface area contributed by atoms with Crippen molar-refractivity contribution in [3.63, 3.8) is 0 Å². The Morgan fingerprint density at radius 2 is 2.40 bits per heavy atom. The van der Waals surface area contributed by atoms with E-state index >= 15 is 0 Å². The highest BCUT2D eigenvalue weighted by Gasteiger charge is 2.10. The van der Waals surface area contributed by atoms with Gasteiger partial charge in [-0.1, -0.05) is 0 Å². The van der Waals surface area contributed by atoms with E-state index < -0.39 is 0 Å². The number of aromatic nitrogens is 1. The largest absolute Gasteiger partial charge is 0.364 e. The van der Waals surface area contributed by atoms with Crippen LogP contribution in [0.1, 0.15) is 16.8 Å². The molecule has 0 aromatic carbocycles. The highest BCUT2D eigenvalue weighted by atomic mass is 14.9. The molecular formula is C8H12N2. The Labute approximate surface area is 60.6 Å². The van der Waals surface area contributed by atoms with Crippen LogP contribution in [0.2, 0.25) is 0 Å². The van der Waals surface area contributed by atoms with Crippen molar-refractivity contribution < 1.29 is 0 Å². The molecule has 2 nitrogen and oxygen atoms in total. The van der Waals surface area contributed by atoms with E-state index in [1.54, 1.807) is 0 Å². The Bertz CT molecular complexity index is 237. The van der Waals surface area contributed by atoms with E-state index in [1.165, 1.54) is 16.8 Å². The molecule has 1 aliphatic rings. The van der Waals surface area contributed by atoms with E-state index in [9.17, 15) is 0 Å². The van der Waals surface area contributed by atoms with Crippen LogP contribution in [0.25, 0.3) is 0 Å². The van der Waals surface area contributed by atoms with Crippen LogP contribution in [0.15, 0.2) is 6.20 Å². The van der Waals surface area contributed by atoms with Gasteiger partial charge in [-0.15, -0.1) is 0 Å². The van der Waals surface area contributed by atoms with Crippen LogP contribution in [0.5, 0.6) is 0 Å². The Morgan fingerprint density at radius 1 is 1.50 bits per heavy atom. The van der Waals surface area contributed by atoms with Crippen molar-refractivity contribution >= 4 is 0 Å². The Morgan fingerprint density at radius 3 is 3.20 bits per heavy atom. The summed E-state index contributed by atoms with van der Waals surface area (Å²) in [7, 11) is 0. The molecule has 54 valence electrons. The standard InChI is InChI=1S/C8H12N2/c1-6-4-10-8-2-3-9-5-7(6)8/h4,9-10H,2-3,5H2,1H3. The van der Waals surface area contributed by atoms with Crippen molar-refractivity contribution in [1.82, 2.24) is 10.3 Å². The summed E-state index contributed by atoms with van der Waals surface area (Å²) < 4.78 is 0. The van der Waals surface area contributed by atoms with Crippen molar-refractivity contribution in [3.8, 4) is 0 Å². The summed E-state index contributed by atoms with van der Waals surface area (Å²) >= 11 is 0. The van der Waals surface area contributed by atoms with Crippen LogP contribution >= 0.6 is 0 Å². The lowest BCUT2D eigenvalue weighted by atomic mass is 10.1. The zero-order valence-electron chi connectivity index (χ0n) is 6.20. The number of hydrogen-bond acceptors (Lipinski definition) is 1. The lowest BCUT2D eigenvalue weighted by Crippen LogP contribution is -2.23. The molecule has 0 atom stereocenters. The SMILES string of the molecule is Cc1c[nH]c2c1CNCC2. The van der Waals surface area contributed by atoms with Gasteiger partial charge in [-0.25, -0.2) is 0 Å². The number of nitrogens with one attached hydrogen (secondary N) is 2. The third-order valence-corrected chi connectivity index (χ3v) is 2.16. The lowest BCUT2D eigenvalue weighted by Gasteiger charge is -2.12. The lowest BCUT2D eigenvalue weighted by molar-refractivity contribution is 0.636. The van der Waals surface area contributed by atoms with Gasteiger partial charge < -0.3 is 10.3 Å². The van der Waals surface area contributed by atoms with Gasteiger partial charge >= 0.3 is 0 Å². The molecule has 0 unspecified atom stereocenters. The maximum Gasteiger partial charge on any atom is 0.0226 e. The minimum atomic E-state index is 1.05. The second kappa shape index (κ2) is 2.13. The molecule has 0 amide bonds. The molecule has 0 fully saturated rings. The van der Waals surface area contributed by atoms with E-state index in [1.807, 2.05) is 0 Å². The molecule has 0 bridgehead atoms. The summed E-state index contributed by atoms with van der Waals surface area (Å²) in [5.74, 6) is 0. The molecule has 0 spiro atoms. The Hall–Kier alpha value is -0.760. The zero-order chi connectivity index (χ0) is 6.97. The highest BCUT2D eigenvalue weighted by molar-refractivity contribution is 5.31. The van der Waals surface area contributed by atoms with Gasteiger partial charge in [-0.2, -0.15) is 0 Å². The van der Waals surface area contributed by atoms with Gasteiger partial charge in [0.25, 0.3) is 0 Å². The van der Waals surface area contributed by atoms with Crippen molar-refractivity contribution in [2.45, 2.75) is 19.9 Å². The van der Waals surface area contributed by atoms with Gasteiger partial charge in [0.15, 0.2) is 0 Å². The van der Waals surface area contributed by atoms with Crippen LogP contribution in [-0.4, -0.2) is 11.5 Å². The molecule has 1 aromatic heterocycles. The van der Waals surface area contributed by atoms with E-state index in [2.05, 4.69) is 23.4 Å². The number of fused-ring (bicyclic) bond motifs is 1. The Kier molecular flexibility index (Phi) is 1.27. The van der Waals surface area contributed by atoms with Gasteiger partial charge in [0.2, 0.25) is 0 Å². The maximum atomic E-state index is 3.35. The van der Waals surface area contributed by atoms with E-state index in [0.29, 0.717) is 0 Å². The Balaban J connectivity index is 2.45. The molecule has 2 N–H and O–H groups in total. The third-order valence-electron chi connectivity index (χ3n) is 2.16. The fourth-order valence-electron chi connectivity index (χ4n) is 1.50. The van der Waals surface area contributed by atoms with Gasteiger partial charge in [0.1, 0.15) is 0 Å². The number of hydrogen-bond donors (Lipinski definition) is 2. The van der Waals surface area contributed by atoms with Gasteiger partial charge in [-0.05, 0) is 18.1 Å². The van der Waals surface area contributed by atoms with Gasteiger partial charge in [0.05, 0.1) is 0 Å². The van der Waals surface area contributed by atoms with Crippen LogP contribution in [0, 0.1) is 6.92 Å². The first-order chi connectivity index (χ1) is 4.88. The molecule has 0 radical (unpaired) electrons. The first kappa shape index (κ1) is 5.98. The minimum absolute atomic E-state index is 1.05. The monoisotopic (exact) mass is 136 g/mol. The minimum Gasteiger partial charge on any atom is -0.364 e. The first-order valence-corrected chi connectivity index (χ1v) is 3.74. The molecular weight excluding hydrogens is 124 g/mol. The smallest absolute Gasteiger partial charge is 0.0226 e. The van der Waals surface area contributed by atoms with Crippen molar-refractivity contribution in [3.05, 3.63) is 23.0 Å². The van der Waals surface area contributed by atoms with Crippen LogP contribution in [0.4, 0.5) is 0 Å². The van der Waals surface area contributed by atoms with Gasteiger partial charge in [-0.3, -0.25) is 0 Å². The zero-order valence-corrected chi connectivity index (χ0v) is 6.20. The summed E-state index contributed by atoms with van der Waals surface area (Å²) in [5, 5.41) is 3.35. The highest BCUT2D eigenvalue weighted by Crippen LogP contribution is 2.15. The second-order valence-corrected chi connectivity index (χ2v) is 2.86. The summed E-state index contributed by atoms with van der Waals surface area (Å²) in [4.78, 5) is 3.29. The molecule has 0 saturated heterocycles. The third kappa shape index (κ3) is 0.762. The summed E-state index contributed by atoms with van der Waals surface area (Å²) in [6, 6.07) is 0. The van der Waals surface area contributed by atoms with Crippen molar-refractivity contribution in [2.24, 2.45) is 0 Å². The second-order valence-electron chi connectivity index (χ2n) is 2.86. The van der Waals surface area contributed by atoms with Crippen molar-refractivity contribution in [1.29, 1.82) is 0 Å². The first-order valence-electron chi connectivity index (χ1n) is 3.74. The van der Waals surface area contributed by atoms with Crippen LogP contribution in [0.3, 0.4) is 0 Å². The quantitative estimate of drug-likeness (QED) is 0.546. The molecule has 0 aliphatic carbocycles. The molecule has 1 aromatic rings. The average molecular weight is 136 g/mol. The predicted molar refractivity (Wildman–Crippen MR) is 40.9 cm³/mol. The van der Waals surface area contributed by atoms with Crippen LogP contribution in [-0.2, 0) is 13.0 Å². The maximum absolute atomic E-state index is 3.35. The topological polar surface area (TPSA) is 27.8 Å². The summed E-state index contributed by atoms with van der Waals surface area (Å²) in [6.07, 6.45) is 3.25. The summed E-state index contributed by atoms with van der Waals surface area (Å²) in [5.41, 5.74) is 4.30. The number of rotatable bonds is 0. The average Bonchev–Trinajstić information content (AvgIpc) is 2.34. The summed E-state index contributed by atoms with van der Waals surface area (Å²) in [6.45, 7) is 4.32. The molecule has 10 heavy (non-hydrogen) atoms. The number of aryl methyl sites for hydroxylation is 1. The molecule has 0 saturated carbocycles. The van der Waals surface area contributed by atoms with Crippen LogP contribution < -0.4 is 5.32 Å².